The van der Waals surface area contributed by atoms with Crippen molar-refractivity contribution in [1.82, 2.24) is 15.0 Å². The molecule has 7 aromatic rings. The van der Waals surface area contributed by atoms with Crippen molar-refractivity contribution >= 4 is 0 Å². The van der Waals surface area contributed by atoms with Gasteiger partial charge in [0.15, 0.2) is 17.5 Å². The molecule has 4 nitrogen and oxygen atoms in total. The van der Waals surface area contributed by atoms with E-state index in [-0.39, 0.29) is 0 Å². The fourth-order valence-electron chi connectivity index (χ4n) is 9.74. The Morgan fingerprint density at radius 1 is 0.455 bits per heavy atom. The SMILES string of the molecule is C[C@@H]1CC2C[C@H](C)CC(c3ccc(-c4ccc(-c5ccc(-c6nc(-c7ccccc7)nc(-c7ccccc7-c7ccc(C#N)cc7)n6)cc5)cc4)cc3)(C2)C1. The molecule has 0 N–H and O–H groups in total. The topological polar surface area (TPSA) is 62.5 Å². The van der Waals surface area contributed by atoms with Crippen molar-refractivity contribution in [2.24, 2.45) is 17.8 Å². The molecule has 0 saturated heterocycles. The number of nitrogens with zero attached hydrogens (tertiary/aromatic N) is 4. The summed E-state index contributed by atoms with van der Waals surface area (Å²) < 4.78 is 0. The first-order valence-electron chi connectivity index (χ1n) is 19.7. The highest BCUT2D eigenvalue weighted by molar-refractivity contribution is 5.82. The second-order valence-electron chi connectivity index (χ2n) is 16.1. The van der Waals surface area contributed by atoms with Crippen LogP contribution < -0.4 is 0 Å². The van der Waals surface area contributed by atoms with Crippen molar-refractivity contribution in [3.05, 3.63) is 163 Å². The second kappa shape index (κ2) is 14.6. The van der Waals surface area contributed by atoms with Gasteiger partial charge < -0.3 is 0 Å². The third-order valence-corrected chi connectivity index (χ3v) is 12.0. The Balaban J connectivity index is 0.991. The summed E-state index contributed by atoms with van der Waals surface area (Å²) in [5, 5.41) is 9.34. The first kappa shape index (κ1) is 34.6. The smallest absolute Gasteiger partial charge is 0.164 e. The summed E-state index contributed by atoms with van der Waals surface area (Å²) in [4.78, 5) is 15.0. The minimum Gasteiger partial charge on any atom is -0.208 e. The Kier molecular flexibility index (Phi) is 9.16. The molecule has 1 heterocycles. The molecule has 0 spiro atoms. The molecule has 2 saturated carbocycles. The normalized spacial score (nSPS) is 20.4. The van der Waals surface area contributed by atoms with Gasteiger partial charge in [0.1, 0.15) is 0 Å². The Morgan fingerprint density at radius 3 is 1.44 bits per heavy atom. The molecule has 0 amide bonds. The van der Waals surface area contributed by atoms with E-state index in [2.05, 4.69) is 98.8 Å². The van der Waals surface area contributed by atoms with Crippen LogP contribution in [0.3, 0.4) is 0 Å². The minimum absolute atomic E-state index is 0.358. The first-order valence-corrected chi connectivity index (χ1v) is 19.7. The van der Waals surface area contributed by atoms with E-state index in [0.29, 0.717) is 28.5 Å². The van der Waals surface area contributed by atoms with Gasteiger partial charge in [-0.3, -0.25) is 0 Å². The highest BCUT2D eigenvalue weighted by atomic mass is 15.0. The van der Waals surface area contributed by atoms with Crippen molar-refractivity contribution in [3.8, 4) is 73.6 Å². The van der Waals surface area contributed by atoms with E-state index in [4.69, 9.17) is 15.0 Å². The third-order valence-electron chi connectivity index (χ3n) is 12.0. The lowest BCUT2D eigenvalue weighted by molar-refractivity contribution is 0.0780. The zero-order chi connectivity index (χ0) is 37.4. The molecule has 268 valence electrons. The van der Waals surface area contributed by atoms with Crippen LogP contribution in [-0.2, 0) is 5.41 Å². The molecule has 2 aliphatic rings. The molecule has 9 rings (SSSR count). The maximum Gasteiger partial charge on any atom is 0.164 e. The number of hydrogen-bond acceptors (Lipinski definition) is 4. The zero-order valence-corrected chi connectivity index (χ0v) is 31.5. The maximum absolute atomic E-state index is 9.34. The van der Waals surface area contributed by atoms with Crippen LogP contribution in [0.15, 0.2) is 152 Å². The van der Waals surface area contributed by atoms with E-state index in [1.807, 2.05) is 72.8 Å². The van der Waals surface area contributed by atoms with Gasteiger partial charge in [-0.15, -0.1) is 0 Å². The Labute approximate surface area is 324 Å². The first-order chi connectivity index (χ1) is 26.9. The van der Waals surface area contributed by atoms with Crippen LogP contribution in [0, 0.1) is 29.1 Å². The van der Waals surface area contributed by atoms with Gasteiger partial charge in [-0.25, -0.2) is 15.0 Å². The highest BCUT2D eigenvalue weighted by Gasteiger charge is 2.45. The minimum atomic E-state index is 0.358. The third kappa shape index (κ3) is 6.99. The molecule has 2 bridgehead atoms. The number of aromatic nitrogens is 3. The Morgan fingerprint density at radius 2 is 0.891 bits per heavy atom. The average molecular weight is 713 g/mol. The fourth-order valence-corrected chi connectivity index (χ4v) is 9.74. The quantitative estimate of drug-likeness (QED) is 0.165. The van der Waals surface area contributed by atoms with Crippen molar-refractivity contribution in [2.75, 3.05) is 0 Å². The lowest BCUT2D eigenvalue weighted by atomic mass is 9.54. The maximum atomic E-state index is 9.34. The lowest BCUT2D eigenvalue weighted by Gasteiger charge is -2.50. The van der Waals surface area contributed by atoms with Crippen molar-refractivity contribution in [3.63, 3.8) is 0 Å². The highest BCUT2D eigenvalue weighted by Crippen LogP contribution is 2.54. The van der Waals surface area contributed by atoms with Crippen LogP contribution in [0.25, 0.3) is 67.5 Å². The predicted octanol–water partition coefficient (Wildman–Crippen LogP) is 12.8. The molecule has 55 heavy (non-hydrogen) atoms. The van der Waals surface area contributed by atoms with Gasteiger partial charge in [0.25, 0.3) is 0 Å². The fraction of sp³-hybridized carbons (Fsp3) is 0.216. The van der Waals surface area contributed by atoms with Gasteiger partial charge in [0.05, 0.1) is 11.6 Å². The number of hydrogen-bond donors (Lipinski definition) is 0. The lowest BCUT2D eigenvalue weighted by Crippen LogP contribution is -2.42. The molecular weight excluding hydrogens is 669 g/mol. The number of rotatable bonds is 7. The van der Waals surface area contributed by atoms with Crippen molar-refractivity contribution in [1.29, 1.82) is 5.26 Å². The van der Waals surface area contributed by atoms with E-state index in [1.165, 1.54) is 48.8 Å². The summed E-state index contributed by atoms with van der Waals surface area (Å²) >= 11 is 0. The Bertz CT molecular complexity index is 2460. The molecule has 2 aliphatic carbocycles. The summed E-state index contributed by atoms with van der Waals surface area (Å²) in [6.07, 6.45) is 6.84. The number of fused-ring (bicyclic) bond motifs is 2. The zero-order valence-electron chi connectivity index (χ0n) is 31.5. The standard InChI is InChI=1S/C51H44N4/c1-34-28-37-29-35(2)31-51(30-34,32-37)45-26-24-41(25-27-45)39-18-16-38(17-19-39)40-20-22-44(23-21-40)49-53-48(43-8-4-3-5-9-43)54-50(55-49)47-11-7-6-10-46(47)42-14-12-36(33-52)13-15-42/h3-27,34-35,37H,28-32H2,1-2H3/t34-,35+,37?,51?. The van der Waals surface area contributed by atoms with E-state index < -0.39 is 0 Å². The molecule has 1 aromatic heterocycles. The van der Waals surface area contributed by atoms with Crippen LogP contribution in [-0.4, -0.2) is 15.0 Å². The van der Waals surface area contributed by atoms with E-state index in [1.54, 1.807) is 5.56 Å². The summed E-state index contributed by atoms with van der Waals surface area (Å²) in [5.41, 5.74) is 12.1. The van der Waals surface area contributed by atoms with Crippen LogP contribution in [0.2, 0.25) is 0 Å². The van der Waals surface area contributed by atoms with Gasteiger partial charge in [-0.2, -0.15) is 5.26 Å². The van der Waals surface area contributed by atoms with E-state index >= 15 is 0 Å². The molecule has 4 atom stereocenters. The van der Waals surface area contributed by atoms with Gasteiger partial charge >= 0.3 is 0 Å². The molecule has 0 radical (unpaired) electrons. The van der Waals surface area contributed by atoms with Crippen LogP contribution >= 0.6 is 0 Å². The molecule has 6 aromatic carbocycles. The second-order valence-corrected chi connectivity index (χ2v) is 16.1. The molecule has 2 unspecified atom stereocenters. The van der Waals surface area contributed by atoms with E-state index in [0.717, 1.165) is 51.1 Å². The summed E-state index contributed by atoms with van der Waals surface area (Å²) in [7, 11) is 0. The summed E-state index contributed by atoms with van der Waals surface area (Å²) in [5.74, 6) is 4.36. The van der Waals surface area contributed by atoms with Crippen LogP contribution in [0.1, 0.15) is 57.1 Å². The van der Waals surface area contributed by atoms with Crippen molar-refractivity contribution in [2.45, 2.75) is 51.4 Å². The van der Waals surface area contributed by atoms with Gasteiger partial charge in [0.2, 0.25) is 0 Å². The monoisotopic (exact) mass is 712 g/mol. The average Bonchev–Trinajstić information content (AvgIpc) is 3.23. The molecule has 0 aliphatic heterocycles. The number of nitriles is 1. The Hall–Kier alpha value is -6.18. The van der Waals surface area contributed by atoms with Crippen LogP contribution in [0.4, 0.5) is 0 Å². The van der Waals surface area contributed by atoms with Crippen LogP contribution in [0.5, 0.6) is 0 Å². The number of benzene rings is 6. The summed E-state index contributed by atoms with van der Waals surface area (Å²) in [6.45, 7) is 4.93. The van der Waals surface area contributed by atoms with Gasteiger partial charge in [-0.05, 0) is 106 Å². The van der Waals surface area contributed by atoms with Gasteiger partial charge in [-0.1, -0.05) is 153 Å². The summed E-state index contributed by atoms with van der Waals surface area (Å²) in [6, 6.07) is 55.0. The largest absolute Gasteiger partial charge is 0.208 e. The molecule has 4 heteroatoms. The van der Waals surface area contributed by atoms with Crippen molar-refractivity contribution < 1.29 is 0 Å². The predicted molar refractivity (Wildman–Crippen MR) is 224 cm³/mol. The van der Waals surface area contributed by atoms with E-state index in [9.17, 15) is 5.26 Å². The molecule has 2 fully saturated rings. The van der Waals surface area contributed by atoms with Gasteiger partial charge in [0, 0.05) is 16.7 Å². The molecular formula is C51H44N4.